The van der Waals surface area contributed by atoms with Gasteiger partial charge in [-0.25, -0.2) is 4.79 Å². The number of methoxy groups -OCH3 is 1. The lowest BCUT2D eigenvalue weighted by molar-refractivity contribution is -0.147. The third kappa shape index (κ3) is 6.42. The molecule has 1 atom stereocenters. The van der Waals surface area contributed by atoms with E-state index < -0.39 is 5.60 Å². The lowest BCUT2D eigenvalue weighted by atomic mass is 10.0. The normalized spacial score (nSPS) is 21.4. The van der Waals surface area contributed by atoms with Gasteiger partial charge >= 0.3 is 5.97 Å². The van der Waals surface area contributed by atoms with Crippen molar-refractivity contribution in [3.63, 3.8) is 0 Å². The molecule has 0 amide bonds. The van der Waals surface area contributed by atoms with Gasteiger partial charge in [-0.1, -0.05) is 64.7 Å². The number of unbranched alkanes of at least 4 members (excludes halogenated alkanes) is 9. The van der Waals surface area contributed by atoms with Crippen molar-refractivity contribution < 1.29 is 14.3 Å². The standard InChI is InChI=1S/C16H30O3/c1-3-4-5-6-7-8-9-10-11-12-13-16(14-19-16)15(17)18-2/h3-14H2,1-2H3/t16-/m1/s1. The summed E-state index contributed by atoms with van der Waals surface area (Å²) >= 11 is 0. The molecule has 0 aliphatic carbocycles. The number of rotatable bonds is 12. The number of hydrogen-bond donors (Lipinski definition) is 0. The van der Waals surface area contributed by atoms with Crippen LogP contribution >= 0.6 is 0 Å². The van der Waals surface area contributed by atoms with Gasteiger partial charge in [-0.15, -0.1) is 0 Å². The van der Waals surface area contributed by atoms with Gasteiger partial charge in [0.15, 0.2) is 5.60 Å². The van der Waals surface area contributed by atoms with Crippen molar-refractivity contribution in [1.29, 1.82) is 0 Å². The van der Waals surface area contributed by atoms with E-state index in [1.807, 2.05) is 0 Å². The second-order valence-corrected chi connectivity index (χ2v) is 5.71. The smallest absolute Gasteiger partial charge is 0.340 e. The van der Waals surface area contributed by atoms with Gasteiger partial charge in [0.25, 0.3) is 0 Å². The molecule has 19 heavy (non-hydrogen) atoms. The Morgan fingerprint density at radius 1 is 1.00 bits per heavy atom. The number of esters is 1. The molecule has 0 N–H and O–H groups in total. The fraction of sp³-hybridized carbons (Fsp3) is 0.938. The molecule has 1 aliphatic heterocycles. The van der Waals surface area contributed by atoms with Crippen molar-refractivity contribution in [2.24, 2.45) is 0 Å². The lowest BCUT2D eigenvalue weighted by Crippen LogP contribution is -2.25. The first kappa shape index (κ1) is 16.5. The van der Waals surface area contributed by atoms with Crippen LogP contribution in [0.15, 0.2) is 0 Å². The predicted molar refractivity (Wildman–Crippen MR) is 77.2 cm³/mol. The van der Waals surface area contributed by atoms with E-state index in [4.69, 9.17) is 9.47 Å². The highest BCUT2D eigenvalue weighted by Gasteiger charge is 2.52. The second kappa shape index (κ2) is 9.35. The summed E-state index contributed by atoms with van der Waals surface area (Å²) < 4.78 is 10.0. The van der Waals surface area contributed by atoms with Crippen LogP contribution in [0.2, 0.25) is 0 Å². The van der Waals surface area contributed by atoms with Crippen LogP contribution in [0.4, 0.5) is 0 Å². The molecule has 0 aromatic heterocycles. The van der Waals surface area contributed by atoms with Crippen molar-refractivity contribution >= 4 is 5.97 Å². The molecule has 0 radical (unpaired) electrons. The molecular formula is C16H30O3. The molecule has 3 nitrogen and oxygen atoms in total. The fourth-order valence-corrected chi connectivity index (χ4v) is 2.54. The van der Waals surface area contributed by atoms with Gasteiger partial charge in [-0.2, -0.15) is 0 Å². The molecule has 0 unspecified atom stereocenters. The van der Waals surface area contributed by atoms with Crippen LogP contribution in [0.3, 0.4) is 0 Å². The molecule has 112 valence electrons. The largest absolute Gasteiger partial charge is 0.467 e. The number of epoxide rings is 1. The first-order chi connectivity index (χ1) is 9.25. The average molecular weight is 270 g/mol. The van der Waals surface area contributed by atoms with Gasteiger partial charge in [0.2, 0.25) is 0 Å². The van der Waals surface area contributed by atoms with Crippen molar-refractivity contribution in [3.05, 3.63) is 0 Å². The van der Waals surface area contributed by atoms with E-state index in [2.05, 4.69) is 6.92 Å². The van der Waals surface area contributed by atoms with Gasteiger partial charge in [0.05, 0.1) is 13.7 Å². The van der Waals surface area contributed by atoms with Crippen LogP contribution < -0.4 is 0 Å². The minimum absolute atomic E-state index is 0.191. The highest BCUT2D eigenvalue weighted by atomic mass is 16.6. The molecular weight excluding hydrogens is 240 g/mol. The quantitative estimate of drug-likeness (QED) is 0.302. The number of hydrogen-bond acceptors (Lipinski definition) is 3. The Kier molecular flexibility index (Phi) is 8.11. The van der Waals surface area contributed by atoms with Gasteiger partial charge in [-0.05, 0) is 12.8 Å². The van der Waals surface area contributed by atoms with E-state index in [0.29, 0.717) is 6.61 Å². The Morgan fingerprint density at radius 3 is 1.89 bits per heavy atom. The summed E-state index contributed by atoms with van der Waals surface area (Å²) in [5.74, 6) is -0.191. The minimum Gasteiger partial charge on any atom is -0.467 e. The lowest BCUT2D eigenvalue weighted by Gasteiger charge is -2.08. The van der Waals surface area contributed by atoms with E-state index >= 15 is 0 Å². The Balaban J connectivity index is 1.85. The predicted octanol–water partition coefficient (Wildman–Crippen LogP) is 4.24. The Hall–Kier alpha value is -0.570. The zero-order valence-electron chi connectivity index (χ0n) is 12.7. The molecule has 0 aromatic carbocycles. The highest BCUT2D eigenvalue weighted by molar-refractivity contribution is 5.82. The summed E-state index contributed by atoms with van der Waals surface area (Å²) in [5.41, 5.74) is -0.561. The third-order valence-electron chi connectivity index (χ3n) is 3.98. The maximum Gasteiger partial charge on any atom is 0.340 e. The summed E-state index contributed by atoms with van der Waals surface area (Å²) in [6.45, 7) is 2.81. The van der Waals surface area contributed by atoms with E-state index in [1.165, 1.54) is 64.9 Å². The number of carbonyl (C=O) groups excluding carboxylic acids is 1. The van der Waals surface area contributed by atoms with Crippen LogP contribution in [-0.4, -0.2) is 25.3 Å². The zero-order chi connectivity index (χ0) is 14.0. The molecule has 1 saturated heterocycles. The average Bonchev–Trinajstić information content (AvgIpc) is 3.21. The van der Waals surface area contributed by atoms with Crippen molar-refractivity contribution in [2.45, 2.75) is 83.2 Å². The van der Waals surface area contributed by atoms with E-state index in [1.54, 1.807) is 0 Å². The summed E-state index contributed by atoms with van der Waals surface area (Å²) in [4.78, 5) is 11.4. The van der Waals surface area contributed by atoms with E-state index in [-0.39, 0.29) is 5.97 Å². The van der Waals surface area contributed by atoms with Crippen LogP contribution in [-0.2, 0) is 14.3 Å². The summed E-state index contributed by atoms with van der Waals surface area (Å²) in [7, 11) is 1.43. The first-order valence-electron chi connectivity index (χ1n) is 7.97. The topological polar surface area (TPSA) is 38.8 Å². The van der Waals surface area contributed by atoms with E-state index in [0.717, 1.165) is 12.8 Å². The first-order valence-corrected chi connectivity index (χ1v) is 7.97. The van der Waals surface area contributed by atoms with Crippen molar-refractivity contribution in [1.82, 2.24) is 0 Å². The van der Waals surface area contributed by atoms with Crippen LogP contribution in [0, 0.1) is 0 Å². The van der Waals surface area contributed by atoms with Crippen LogP contribution in [0.25, 0.3) is 0 Å². The molecule has 1 fully saturated rings. The molecule has 0 aromatic rings. The molecule has 1 heterocycles. The van der Waals surface area contributed by atoms with Gasteiger partial charge in [-0.3, -0.25) is 0 Å². The van der Waals surface area contributed by atoms with Gasteiger partial charge in [0.1, 0.15) is 0 Å². The fourth-order valence-electron chi connectivity index (χ4n) is 2.54. The molecule has 1 aliphatic rings. The molecule has 3 heteroatoms. The third-order valence-corrected chi connectivity index (χ3v) is 3.98. The number of carbonyl (C=O) groups is 1. The van der Waals surface area contributed by atoms with Crippen molar-refractivity contribution in [3.8, 4) is 0 Å². The minimum atomic E-state index is -0.561. The van der Waals surface area contributed by atoms with Crippen LogP contribution in [0.1, 0.15) is 77.6 Å². The Morgan fingerprint density at radius 2 is 1.47 bits per heavy atom. The Labute approximate surface area is 118 Å². The van der Waals surface area contributed by atoms with Gasteiger partial charge < -0.3 is 9.47 Å². The molecule has 1 rings (SSSR count). The van der Waals surface area contributed by atoms with Crippen LogP contribution in [0.5, 0.6) is 0 Å². The maximum atomic E-state index is 11.4. The summed E-state index contributed by atoms with van der Waals surface area (Å²) in [5, 5.41) is 0. The molecule has 0 bridgehead atoms. The summed E-state index contributed by atoms with van der Waals surface area (Å²) in [6, 6.07) is 0. The number of ether oxygens (including phenoxy) is 2. The van der Waals surface area contributed by atoms with Crippen molar-refractivity contribution in [2.75, 3.05) is 13.7 Å². The second-order valence-electron chi connectivity index (χ2n) is 5.71. The monoisotopic (exact) mass is 270 g/mol. The SMILES string of the molecule is CCCCCCCCCCCC[C@]1(C(=O)OC)CO1. The summed E-state index contributed by atoms with van der Waals surface area (Å²) in [6.07, 6.45) is 14.0. The van der Waals surface area contributed by atoms with Gasteiger partial charge in [0, 0.05) is 0 Å². The highest BCUT2D eigenvalue weighted by Crippen LogP contribution is 2.34. The molecule has 0 saturated carbocycles. The van der Waals surface area contributed by atoms with E-state index in [9.17, 15) is 4.79 Å². The maximum absolute atomic E-state index is 11.4. The Bertz CT molecular complexity index is 246. The zero-order valence-corrected chi connectivity index (χ0v) is 12.7. The molecule has 0 spiro atoms.